The number of aromatic amines is 1. The number of aromatic nitrogens is 2. The van der Waals surface area contributed by atoms with Crippen molar-refractivity contribution in [1.29, 1.82) is 0 Å². The molecule has 0 saturated heterocycles. The Morgan fingerprint density at radius 2 is 2.20 bits per heavy atom. The molecule has 0 spiro atoms. The van der Waals surface area contributed by atoms with Gasteiger partial charge in [0.25, 0.3) is 5.56 Å². The van der Waals surface area contributed by atoms with Gasteiger partial charge >= 0.3 is 0 Å². The maximum absolute atomic E-state index is 11.7. The van der Waals surface area contributed by atoms with Crippen LogP contribution in [0, 0.1) is 6.92 Å². The molecular formula is C12H12N2O. The van der Waals surface area contributed by atoms with Gasteiger partial charge in [-0.15, -0.1) is 0 Å². The van der Waals surface area contributed by atoms with Crippen LogP contribution in [0.5, 0.6) is 0 Å². The molecule has 0 radical (unpaired) electrons. The summed E-state index contributed by atoms with van der Waals surface area (Å²) in [5.74, 6) is 1.35. The van der Waals surface area contributed by atoms with Crippen molar-refractivity contribution in [3.63, 3.8) is 0 Å². The van der Waals surface area contributed by atoms with Gasteiger partial charge in [0.1, 0.15) is 5.82 Å². The lowest BCUT2D eigenvalue weighted by atomic mass is 10.1. The lowest BCUT2D eigenvalue weighted by Gasteiger charge is -2.01. The first kappa shape index (κ1) is 8.65. The van der Waals surface area contributed by atoms with Crippen molar-refractivity contribution in [3.05, 3.63) is 39.9 Å². The van der Waals surface area contributed by atoms with E-state index in [2.05, 4.69) is 16.0 Å². The molecule has 3 nitrogen and oxygen atoms in total. The van der Waals surface area contributed by atoms with Gasteiger partial charge in [0, 0.05) is 0 Å². The topological polar surface area (TPSA) is 45.8 Å². The van der Waals surface area contributed by atoms with Gasteiger partial charge in [-0.3, -0.25) is 4.79 Å². The van der Waals surface area contributed by atoms with Crippen molar-refractivity contribution in [2.45, 2.75) is 25.7 Å². The van der Waals surface area contributed by atoms with Crippen LogP contribution in [0.2, 0.25) is 0 Å². The van der Waals surface area contributed by atoms with E-state index in [1.165, 1.54) is 18.4 Å². The molecule has 0 unspecified atom stereocenters. The number of rotatable bonds is 1. The number of benzene rings is 1. The zero-order valence-electron chi connectivity index (χ0n) is 8.58. The van der Waals surface area contributed by atoms with Crippen LogP contribution in [-0.2, 0) is 0 Å². The number of nitrogens with zero attached hydrogens (tertiary/aromatic N) is 1. The molecule has 1 fully saturated rings. The fourth-order valence-electron chi connectivity index (χ4n) is 1.94. The smallest absolute Gasteiger partial charge is 0.258 e. The molecule has 1 N–H and O–H groups in total. The van der Waals surface area contributed by atoms with Crippen molar-refractivity contribution in [2.24, 2.45) is 0 Å². The number of aryl methyl sites for hydroxylation is 1. The minimum absolute atomic E-state index is 0.0278. The van der Waals surface area contributed by atoms with Crippen LogP contribution in [0.25, 0.3) is 10.9 Å². The molecule has 1 aromatic heterocycles. The Hall–Kier alpha value is -1.64. The number of H-pyrrole nitrogens is 1. The summed E-state index contributed by atoms with van der Waals surface area (Å²) in [4.78, 5) is 18.7. The summed E-state index contributed by atoms with van der Waals surface area (Å²) in [6.07, 6.45) is 2.51. The third-order valence-corrected chi connectivity index (χ3v) is 2.90. The number of hydrogen-bond acceptors (Lipinski definition) is 2. The van der Waals surface area contributed by atoms with Crippen molar-refractivity contribution < 1.29 is 0 Å². The predicted octanol–water partition coefficient (Wildman–Crippen LogP) is 2.11. The molecule has 1 aliphatic carbocycles. The zero-order chi connectivity index (χ0) is 10.4. The highest BCUT2D eigenvalue weighted by Crippen LogP contribution is 2.40. The third-order valence-electron chi connectivity index (χ3n) is 2.90. The predicted molar refractivity (Wildman–Crippen MR) is 59.1 cm³/mol. The van der Waals surface area contributed by atoms with Crippen LogP contribution in [-0.4, -0.2) is 9.97 Å². The van der Waals surface area contributed by atoms with E-state index in [9.17, 15) is 4.79 Å². The van der Waals surface area contributed by atoms with E-state index in [0.717, 1.165) is 5.52 Å². The van der Waals surface area contributed by atoms with Gasteiger partial charge in [0.05, 0.1) is 10.9 Å². The van der Waals surface area contributed by atoms with Crippen molar-refractivity contribution in [3.8, 4) is 0 Å². The lowest BCUT2D eigenvalue weighted by molar-refractivity contribution is 1.05. The second-order valence-electron chi connectivity index (χ2n) is 4.20. The van der Waals surface area contributed by atoms with Gasteiger partial charge in [0.2, 0.25) is 0 Å². The summed E-state index contributed by atoms with van der Waals surface area (Å²) < 4.78 is 0. The SMILES string of the molecule is Cc1nc2ccc(C3CC3)cc2c(=O)[nH]1. The maximum Gasteiger partial charge on any atom is 0.258 e. The summed E-state index contributed by atoms with van der Waals surface area (Å²) in [5.41, 5.74) is 2.04. The summed E-state index contributed by atoms with van der Waals surface area (Å²) in [7, 11) is 0. The monoisotopic (exact) mass is 200 g/mol. The Balaban J connectivity index is 2.30. The minimum Gasteiger partial charge on any atom is -0.310 e. The first-order valence-corrected chi connectivity index (χ1v) is 5.24. The lowest BCUT2D eigenvalue weighted by Crippen LogP contribution is -2.09. The van der Waals surface area contributed by atoms with Crippen LogP contribution in [0.3, 0.4) is 0 Å². The molecule has 1 aliphatic rings. The molecule has 2 aromatic rings. The van der Waals surface area contributed by atoms with Crippen LogP contribution in [0.15, 0.2) is 23.0 Å². The van der Waals surface area contributed by atoms with E-state index in [0.29, 0.717) is 17.1 Å². The standard InChI is InChI=1S/C12H12N2O/c1-7-13-11-5-4-9(8-2-3-8)6-10(11)12(15)14-7/h4-6,8H,2-3H2,1H3,(H,13,14,15). The second-order valence-corrected chi connectivity index (χ2v) is 4.20. The van der Waals surface area contributed by atoms with Crippen LogP contribution in [0.1, 0.15) is 30.1 Å². The average molecular weight is 200 g/mol. The van der Waals surface area contributed by atoms with E-state index in [1.54, 1.807) is 6.92 Å². The van der Waals surface area contributed by atoms with E-state index < -0.39 is 0 Å². The molecule has 3 heteroatoms. The molecular weight excluding hydrogens is 188 g/mol. The Morgan fingerprint density at radius 3 is 2.93 bits per heavy atom. The molecule has 15 heavy (non-hydrogen) atoms. The number of nitrogens with one attached hydrogen (secondary N) is 1. The Morgan fingerprint density at radius 1 is 1.40 bits per heavy atom. The van der Waals surface area contributed by atoms with Crippen molar-refractivity contribution >= 4 is 10.9 Å². The van der Waals surface area contributed by atoms with Gasteiger partial charge < -0.3 is 4.98 Å². The van der Waals surface area contributed by atoms with E-state index in [1.807, 2.05) is 12.1 Å². The maximum atomic E-state index is 11.7. The van der Waals surface area contributed by atoms with E-state index in [4.69, 9.17) is 0 Å². The Bertz CT molecular complexity index is 582. The van der Waals surface area contributed by atoms with Crippen molar-refractivity contribution in [1.82, 2.24) is 9.97 Å². The zero-order valence-corrected chi connectivity index (χ0v) is 8.58. The molecule has 0 amide bonds. The first-order valence-electron chi connectivity index (χ1n) is 5.24. The van der Waals surface area contributed by atoms with Gasteiger partial charge in [-0.1, -0.05) is 6.07 Å². The third kappa shape index (κ3) is 1.44. The first-order chi connectivity index (χ1) is 7.24. The fourth-order valence-corrected chi connectivity index (χ4v) is 1.94. The summed E-state index contributed by atoms with van der Waals surface area (Å²) in [5, 5.41) is 0.713. The highest BCUT2D eigenvalue weighted by Gasteiger charge is 2.23. The van der Waals surface area contributed by atoms with E-state index >= 15 is 0 Å². The van der Waals surface area contributed by atoms with Gasteiger partial charge in [0.15, 0.2) is 0 Å². The minimum atomic E-state index is -0.0278. The quantitative estimate of drug-likeness (QED) is 0.766. The molecule has 1 saturated carbocycles. The van der Waals surface area contributed by atoms with Crippen LogP contribution >= 0.6 is 0 Å². The van der Waals surface area contributed by atoms with Crippen LogP contribution in [0.4, 0.5) is 0 Å². The molecule has 0 aliphatic heterocycles. The largest absolute Gasteiger partial charge is 0.310 e. The molecule has 3 rings (SSSR count). The number of hydrogen-bond donors (Lipinski definition) is 1. The molecule has 0 atom stereocenters. The Kier molecular flexibility index (Phi) is 1.69. The summed E-state index contributed by atoms with van der Waals surface area (Å²) in [6, 6.07) is 6.02. The molecule has 1 heterocycles. The normalized spacial score (nSPS) is 15.8. The molecule has 0 bridgehead atoms. The highest BCUT2D eigenvalue weighted by atomic mass is 16.1. The number of fused-ring (bicyclic) bond motifs is 1. The van der Waals surface area contributed by atoms with Gasteiger partial charge in [-0.25, -0.2) is 4.98 Å². The molecule has 1 aromatic carbocycles. The summed E-state index contributed by atoms with van der Waals surface area (Å²) >= 11 is 0. The average Bonchev–Trinajstić information content (AvgIpc) is 3.00. The van der Waals surface area contributed by atoms with E-state index in [-0.39, 0.29) is 5.56 Å². The van der Waals surface area contributed by atoms with Gasteiger partial charge in [-0.2, -0.15) is 0 Å². The fraction of sp³-hybridized carbons (Fsp3) is 0.333. The van der Waals surface area contributed by atoms with Crippen molar-refractivity contribution in [2.75, 3.05) is 0 Å². The highest BCUT2D eigenvalue weighted by molar-refractivity contribution is 5.78. The Labute approximate surface area is 87.2 Å². The van der Waals surface area contributed by atoms with Crippen LogP contribution < -0.4 is 5.56 Å². The van der Waals surface area contributed by atoms with Gasteiger partial charge in [-0.05, 0) is 43.4 Å². The molecule has 76 valence electrons. The summed E-state index contributed by atoms with van der Waals surface area (Å²) in [6.45, 7) is 1.80. The second kappa shape index (κ2) is 2.92.